The highest BCUT2D eigenvalue weighted by Crippen LogP contribution is 2.27. The molecule has 19 heavy (non-hydrogen) atoms. The Morgan fingerprint density at radius 1 is 1.26 bits per heavy atom. The number of piperidine rings is 1. The first-order chi connectivity index (χ1) is 9.13. The SMILES string of the molecule is CCC(=O)c1ccccc1N1CCC(C(N)=O)CC1. The number of ketones is 1. The standard InChI is InChI=1S/C15H20N2O2/c1-2-14(18)12-5-3-4-6-13(12)17-9-7-11(8-10-17)15(16)19/h3-6,11H,2,7-10H2,1H3,(H2,16,19). The van der Waals surface area contributed by atoms with Crippen molar-refractivity contribution in [3.05, 3.63) is 29.8 Å². The van der Waals surface area contributed by atoms with Crippen LogP contribution >= 0.6 is 0 Å². The van der Waals surface area contributed by atoms with E-state index >= 15 is 0 Å². The van der Waals surface area contributed by atoms with Crippen LogP contribution < -0.4 is 10.6 Å². The van der Waals surface area contributed by atoms with Gasteiger partial charge in [-0.25, -0.2) is 0 Å². The van der Waals surface area contributed by atoms with Crippen molar-refractivity contribution in [3.8, 4) is 0 Å². The highest BCUT2D eigenvalue weighted by molar-refractivity contribution is 6.01. The minimum Gasteiger partial charge on any atom is -0.371 e. The molecule has 0 aromatic heterocycles. The van der Waals surface area contributed by atoms with E-state index in [9.17, 15) is 9.59 Å². The lowest BCUT2D eigenvalue weighted by Crippen LogP contribution is -2.39. The highest BCUT2D eigenvalue weighted by atomic mass is 16.1. The molecule has 0 saturated carbocycles. The molecule has 1 saturated heterocycles. The van der Waals surface area contributed by atoms with Crippen molar-refractivity contribution < 1.29 is 9.59 Å². The summed E-state index contributed by atoms with van der Waals surface area (Å²) in [6.07, 6.45) is 2.04. The number of Topliss-reactive ketones (excluding diaryl/α,β-unsaturated/α-hetero) is 1. The van der Waals surface area contributed by atoms with Crippen LogP contribution in [0.2, 0.25) is 0 Å². The first-order valence-electron chi connectivity index (χ1n) is 6.80. The van der Waals surface area contributed by atoms with E-state index in [2.05, 4.69) is 4.90 Å². The van der Waals surface area contributed by atoms with Crippen molar-refractivity contribution in [2.24, 2.45) is 11.7 Å². The maximum Gasteiger partial charge on any atom is 0.220 e. The van der Waals surface area contributed by atoms with Crippen LogP contribution in [0.5, 0.6) is 0 Å². The van der Waals surface area contributed by atoms with Gasteiger partial charge in [0.2, 0.25) is 5.91 Å². The van der Waals surface area contributed by atoms with Gasteiger partial charge in [-0.15, -0.1) is 0 Å². The Labute approximate surface area is 113 Å². The molecule has 1 aliphatic rings. The third kappa shape index (κ3) is 2.95. The summed E-state index contributed by atoms with van der Waals surface area (Å²) in [7, 11) is 0. The summed E-state index contributed by atoms with van der Waals surface area (Å²) in [6.45, 7) is 3.43. The molecule has 0 unspecified atom stereocenters. The summed E-state index contributed by atoms with van der Waals surface area (Å²) in [6, 6.07) is 7.69. The van der Waals surface area contributed by atoms with Gasteiger partial charge in [-0.2, -0.15) is 0 Å². The maximum absolute atomic E-state index is 11.9. The number of nitrogens with two attached hydrogens (primary N) is 1. The summed E-state index contributed by atoms with van der Waals surface area (Å²) in [5, 5.41) is 0. The quantitative estimate of drug-likeness (QED) is 0.842. The maximum atomic E-state index is 11.9. The number of primary amides is 1. The van der Waals surface area contributed by atoms with Crippen LogP contribution in [-0.4, -0.2) is 24.8 Å². The molecule has 1 aromatic carbocycles. The van der Waals surface area contributed by atoms with Crippen LogP contribution in [0.25, 0.3) is 0 Å². The summed E-state index contributed by atoms with van der Waals surface area (Å²) < 4.78 is 0. The number of amides is 1. The number of carbonyl (C=O) groups is 2. The molecule has 4 nitrogen and oxygen atoms in total. The Hall–Kier alpha value is -1.84. The first kappa shape index (κ1) is 13.6. The van der Waals surface area contributed by atoms with Crippen LogP contribution in [0.4, 0.5) is 5.69 Å². The zero-order valence-electron chi connectivity index (χ0n) is 11.3. The van der Waals surface area contributed by atoms with Crippen LogP contribution in [0.1, 0.15) is 36.5 Å². The summed E-state index contributed by atoms with van der Waals surface area (Å²) in [4.78, 5) is 25.3. The van der Waals surface area contributed by atoms with Gasteiger partial charge in [0, 0.05) is 36.7 Å². The van der Waals surface area contributed by atoms with Crippen molar-refractivity contribution in [3.63, 3.8) is 0 Å². The second kappa shape index (κ2) is 5.87. The van der Waals surface area contributed by atoms with E-state index in [0.717, 1.165) is 37.2 Å². The predicted molar refractivity (Wildman–Crippen MR) is 75.2 cm³/mol. The first-order valence-corrected chi connectivity index (χ1v) is 6.80. The van der Waals surface area contributed by atoms with Crippen molar-refractivity contribution in [2.75, 3.05) is 18.0 Å². The average molecular weight is 260 g/mol. The van der Waals surface area contributed by atoms with Gasteiger partial charge in [0.05, 0.1) is 0 Å². The highest BCUT2D eigenvalue weighted by Gasteiger charge is 2.25. The smallest absolute Gasteiger partial charge is 0.220 e. The minimum atomic E-state index is -0.211. The number of carbonyl (C=O) groups excluding carboxylic acids is 2. The second-order valence-electron chi connectivity index (χ2n) is 4.96. The van der Waals surface area contributed by atoms with E-state index in [1.807, 2.05) is 31.2 Å². The lowest BCUT2D eigenvalue weighted by Gasteiger charge is -2.33. The van der Waals surface area contributed by atoms with Crippen LogP contribution in [0, 0.1) is 5.92 Å². The van der Waals surface area contributed by atoms with Gasteiger partial charge in [0.15, 0.2) is 5.78 Å². The fourth-order valence-corrected chi connectivity index (χ4v) is 2.58. The molecular weight excluding hydrogens is 240 g/mol. The Kier molecular flexibility index (Phi) is 4.20. The van der Waals surface area contributed by atoms with Gasteiger partial charge in [-0.05, 0) is 25.0 Å². The normalized spacial score (nSPS) is 16.4. The number of benzene rings is 1. The number of rotatable bonds is 4. The van der Waals surface area contributed by atoms with E-state index in [0.29, 0.717) is 6.42 Å². The molecule has 1 fully saturated rings. The molecule has 0 radical (unpaired) electrons. The van der Waals surface area contributed by atoms with E-state index in [1.54, 1.807) is 0 Å². The molecule has 0 spiro atoms. The second-order valence-corrected chi connectivity index (χ2v) is 4.96. The van der Waals surface area contributed by atoms with E-state index in [4.69, 9.17) is 5.73 Å². The topological polar surface area (TPSA) is 63.4 Å². The molecule has 102 valence electrons. The molecule has 1 heterocycles. The van der Waals surface area contributed by atoms with Gasteiger partial charge in [0.25, 0.3) is 0 Å². The minimum absolute atomic E-state index is 0.0229. The number of para-hydroxylation sites is 1. The van der Waals surface area contributed by atoms with Gasteiger partial charge in [-0.3, -0.25) is 9.59 Å². The van der Waals surface area contributed by atoms with Crippen molar-refractivity contribution in [2.45, 2.75) is 26.2 Å². The fourth-order valence-electron chi connectivity index (χ4n) is 2.58. The molecule has 0 bridgehead atoms. The third-order valence-electron chi connectivity index (χ3n) is 3.76. The van der Waals surface area contributed by atoms with Gasteiger partial charge >= 0.3 is 0 Å². The van der Waals surface area contributed by atoms with Gasteiger partial charge < -0.3 is 10.6 Å². The van der Waals surface area contributed by atoms with E-state index < -0.39 is 0 Å². The van der Waals surface area contributed by atoms with Crippen molar-refractivity contribution in [1.29, 1.82) is 0 Å². The lowest BCUT2D eigenvalue weighted by atomic mass is 9.95. The monoisotopic (exact) mass is 260 g/mol. The number of anilines is 1. The number of nitrogens with zero attached hydrogens (tertiary/aromatic N) is 1. The molecule has 4 heteroatoms. The van der Waals surface area contributed by atoms with Crippen LogP contribution in [0.15, 0.2) is 24.3 Å². The third-order valence-corrected chi connectivity index (χ3v) is 3.76. The molecule has 0 atom stereocenters. The zero-order chi connectivity index (χ0) is 13.8. The zero-order valence-corrected chi connectivity index (χ0v) is 11.3. The summed E-state index contributed by atoms with van der Waals surface area (Å²) in [5.74, 6) is -0.0736. The molecular formula is C15H20N2O2. The summed E-state index contributed by atoms with van der Waals surface area (Å²) >= 11 is 0. The van der Waals surface area contributed by atoms with E-state index in [-0.39, 0.29) is 17.6 Å². The molecule has 1 aliphatic heterocycles. The van der Waals surface area contributed by atoms with Crippen LogP contribution in [-0.2, 0) is 4.79 Å². The molecule has 2 rings (SSSR count). The lowest BCUT2D eigenvalue weighted by molar-refractivity contribution is -0.122. The Morgan fingerprint density at radius 3 is 2.47 bits per heavy atom. The average Bonchev–Trinajstić information content (AvgIpc) is 2.46. The molecule has 2 N–H and O–H groups in total. The Bertz CT molecular complexity index is 477. The fraction of sp³-hybridized carbons (Fsp3) is 0.467. The Balaban J connectivity index is 2.15. The number of hydrogen-bond donors (Lipinski definition) is 1. The Morgan fingerprint density at radius 2 is 1.89 bits per heavy atom. The molecule has 1 amide bonds. The van der Waals surface area contributed by atoms with Crippen molar-refractivity contribution >= 4 is 17.4 Å². The van der Waals surface area contributed by atoms with Crippen LogP contribution in [0.3, 0.4) is 0 Å². The van der Waals surface area contributed by atoms with Crippen molar-refractivity contribution in [1.82, 2.24) is 0 Å². The summed E-state index contributed by atoms with van der Waals surface area (Å²) in [5.41, 5.74) is 7.10. The molecule has 0 aliphatic carbocycles. The predicted octanol–water partition coefficient (Wildman–Crippen LogP) is 1.98. The number of hydrogen-bond acceptors (Lipinski definition) is 3. The van der Waals surface area contributed by atoms with E-state index in [1.165, 1.54) is 0 Å². The largest absolute Gasteiger partial charge is 0.371 e. The molecule has 1 aromatic rings. The van der Waals surface area contributed by atoms with Gasteiger partial charge in [0.1, 0.15) is 0 Å². The van der Waals surface area contributed by atoms with Gasteiger partial charge in [-0.1, -0.05) is 19.1 Å².